The third kappa shape index (κ3) is 4.69. The molecule has 1 amide bonds. The maximum atomic E-state index is 12.7. The number of anilines is 2. The Hall–Kier alpha value is -4.20. The van der Waals surface area contributed by atoms with E-state index in [1.807, 2.05) is 47.3 Å². The minimum atomic E-state index is -0.224. The van der Waals surface area contributed by atoms with Crippen molar-refractivity contribution in [2.24, 2.45) is 4.99 Å². The van der Waals surface area contributed by atoms with Gasteiger partial charge in [0.1, 0.15) is 5.65 Å². The van der Waals surface area contributed by atoms with Crippen molar-refractivity contribution in [1.82, 2.24) is 19.7 Å². The predicted molar refractivity (Wildman–Crippen MR) is 122 cm³/mol. The Labute approximate surface area is 179 Å². The molecule has 0 aliphatic carbocycles. The third-order valence-electron chi connectivity index (χ3n) is 4.79. The fourth-order valence-corrected chi connectivity index (χ4v) is 3.26. The first-order chi connectivity index (χ1) is 15.1. The van der Waals surface area contributed by atoms with Crippen molar-refractivity contribution < 1.29 is 4.79 Å². The number of nitrogens with zero attached hydrogens (tertiary/aromatic N) is 4. The van der Waals surface area contributed by atoms with Gasteiger partial charge in [-0.2, -0.15) is 0 Å². The molecule has 0 saturated heterocycles. The Morgan fingerprint density at radius 3 is 2.87 bits per heavy atom. The molecule has 0 radical (unpaired) electrons. The molecule has 1 aromatic carbocycles. The lowest BCUT2D eigenvalue weighted by Gasteiger charge is -2.08. The zero-order valence-electron chi connectivity index (χ0n) is 17.1. The lowest BCUT2D eigenvalue weighted by molar-refractivity contribution is 0.0950. The van der Waals surface area contributed by atoms with Crippen molar-refractivity contribution in [2.45, 2.75) is 13.1 Å². The van der Waals surface area contributed by atoms with E-state index in [9.17, 15) is 4.79 Å². The molecule has 0 saturated carbocycles. The van der Waals surface area contributed by atoms with Crippen LogP contribution in [0.2, 0.25) is 0 Å². The molecule has 3 aromatic heterocycles. The van der Waals surface area contributed by atoms with Crippen molar-refractivity contribution in [3.05, 3.63) is 89.6 Å². The Kier molecular flexibility index (Phi) is 5.89. The monoisotopic (exact) mass is 413 g/mol. The molecular formula is C23H23N7O. The third-order valence-corrected chi connectivity index (χ3v) is 4.79. The van der Waals surface area contributed by atoms with E-state index in [1.165, 1.54) is 0 Å². The number of nitrogens with two attached hydrogens (primary N) is 1. The van der Waals surface area contributed by atoms with Gasteiger partial charge in [-0.3, -0.25) is 14.8 Å². The molecule has 0 aliphatic rings. The number of nitrogen functional groups attached to an aromatic ring is 1. The summed E-state index contributed by atoms with van der Waals surface area (Å²) in [5, 5.41) is 6.28. The van der Waals surface area contributed by atoms with Crippen LogP contribution >= 0.6 is 0 Å². The Balaban J connectivity index is 1.43. The quantitative estimate of drug-likeness (QED) is 0.319. The number of amides is 1. The molecule has 0 atom stereocenters. The van der Waals surface area contributed by atoms with Crippen LogP contribution in [-0.2, 0) is 13.1 Å². The van der Waals surface area contributed by atoms with Crippen LogP contribution in [0.3, 0.4) is 0 Å². The maximum absolute atomic E-state index is 12.7. The standard InChI is InChI=1S/C23H23N7O/c1-25-13-20-19(5-2-6-21(20)24)23(31)28-12-18-15-30-14-17(7-8-22(30)29-18)27-11-16-4-3-9-26-10-16/h2-10,13-15,27H,11-12,24H2,1H3,(H,28,31). The van der Waals surface area contributed by atoms with E-state index in [4.69, 9.17) is 5.73 Å². The van der Waals surface area contributed by atoms with Gasteiger partial charge < -0.3 is 20.8 Å². The van der Waals surface area contributed by atoms with Crippen LogP contribution in [-0.4, -0.2) is 33.5 Å². The highest BCUT2D eigenvalue weighted by molar-refractivity contribution is 6.05. The fraction of sp³-hybridized carbons (Fsp3) is 0.130. The van der Waals surface area contributed by atoms with Gasteiger partial charge in [-0.15, -0.1) is 0 Å². The molecular weight excluding hydrogens is 390 g/mol. The van der Waals surface area contributed by atoms with E-state index in [2.05, 4.69) is 25.6 Å². The van der Waals surface area contributed by atoms with Gasteiger partial charge in [-0.1, -0.05) is 12.1 Å². The number of hydrogen-bond donors (Lipinski definition) is 3. The molecule has 0 spiro atoms. The number of carbonyl (C=O) groups excluding carboxylic acids is 1. The van der Waals surface area contributed by atoms with Crippen molar-refractivity contribution in [2.75, 3.05) is 18.1 Å². The van der Waals surface area contributed by atoms with Gasteiger partial charge in [-0.05, 0) is 35.9 Å². The van der Waals surface area contributed by atoms with Gasteiger partial charge >= 0.3 is 0 Å². The second-order valence-corrected chi connectivity index (χ2v) is 7.01. The number of benzene rings is 1. The zero-order valence-corrected chi connectivity index (χ0v) is 17.1. The van der Waals surface area contributed by atoms with Gasteiger partial charge in [0, 0.05) is 55.8 Å². The molecule has 0 bridgehead atoms. The summed E-state index contributed by atoms with van der Waals surface area (Å²) in [5.74, 6) is -0.224. The minimum absolute atomic E-state index is 0.224. The largest absolute Gasteiger partial charge is 0.398 e. The number of hydrogen-bond acceptors (Lipinski definition) is 6. The summed E-state index contributed by atoms with van der Waals surface area (Å²) < 4.78 is 1.93. The number of carbonyl (C=O) groups is 1. The van der Waals surface area contributed by atoms with Gasteiger partial charge in [0.2, 0.25) is 0 Å². The molecule has 3 heterocycles. The van der Waals surface area contributed by atoms with Crippen molar-refractivity contribution in [3.8, 4) is 0 Å². The lowest BCUT2D eigenvalue weighted by Crippen LogP contribution is -2.24. The minimum Gasteiger partial charge on any atom is -0.398 e. The molecule has 31 heavy (non-hydrogen) atoms. The van der Waals surface area contributed by atoms with Crippen LogP contribution < -0.4 is 16.4 Å². The number of aliphatic imine (C=N–C) groups is 1. The van der Waals surface area contributed by atoms with Crippen molar-refractivity contribution in [1.29, 1.82) is 0 Å². The summed E-state index contributed by atoms with van der Waals surface area (Å²) in [6.07, 6.45) is 9.06. The summed E-state index contributed by atoms with van der Waals surface area (Å²) in [5.41, 5.74) is 11.2. The van der Waals surface area contributed by atoms with Crippen LogP contribution in [0.4, 0.5) is 11.4 Å². The first kappa shape index (κ1) is 20.1. The van der Waals surface area contributed by atoms with Gasteiger partial charge in [0.15, 0.2) is 0 Å². The van der Waals surface area contributed by atoms with Crippen LogP contribution in [0.25, 0.3) is 5.65 Å². The van der Waals surface area contributed by atoms with Crippen molar-refractivity contribution in [3.63, 3.8) is 0 Å². The second kappa shape index (κ2) is 9.08. The number of imidazole rings is 1. The molecule has 156 valence electrons. The average Bonchev–Trinajstić information content (AvgIpc) is 3.20. The zero-order chi connectivity index (χ0) is 21.6. The van der Waals surface area contributed by atoms with E-state index in [0.29, 0.717) is 29.9 Å². The molecule has 0 unspecified atom stereocenters. The number of nitrogens with one attached hydrogen (secondary N) is 2. The number of pyridine rings is 2. The topological polar surface area (TPSA) is 110 Å². The Bertz CT molecular complexity index is 1230. The average molecular weight is 413 g/mol. The SMILES string of the molecule is CN=Cc1c(N)cccc1C(=O)NCc1cn2cc(NCc3cccnc3)ccc2n1. The number of fused-ring (bicyclic) bond motifs is 1. The van der Waals surface area contributed by atoms with E-state index in [-0.39, 0.29) is 5.91 Å². The second-order valence-electron chi connectivity index (χ2n) is 7.01. The molecule has 8 nitrogen and oxygen atoms in total. The van der Waals surface area contributed by atoms with Crippen molar-refractivity contribution >= 4 is 29.1 Å². The first-order valence-electron chi connectivity index (χ1n) is 9.83. The van der Waals surface area contributed by atoms with Gasteiger partial charge in [0.25, 0.3) is 5.91 Å². The summed E-state index contributed by atoms with van der Waals surface area (Å²) in [4.78, 5) is 25.4. The molecule has 0 fully saturated rings. The number of rotatable bonds is 7. The summed E-state index contributed by atoms with van der Waals surface area (Å²) in [6, 6.07) is 13.1. The van der Waals surface area contributed by atoms with E-state index >= 15 is 0 Å². The van der Waals surface area contributed by atoms with E-state index in [1.54, 1.807) is 37.7 Å². The maximum Gasteiger partial charge on any atom is 0.252 e. The van der Waals surface area contributed by atoms with Crippen LogP contribution in [0.15, 0.2) is 72.2 Å². The first-order valence-corrected chi connectivity index (χ1v) is 9.83. The van der Waals surface area contributed by atoms with Crippen LogP contribution in [0.5, 0.6) is 0 Å². The molecule has 4 aromatic rings. The smallest absolute Gasteiger partial charge is 0.252 e. The number of aromatic nitrogens is 3. The van der Waals surface area contributed by atoms with Gasteiger partial charge in [-0.25, -0.2) is 4.98 Å². The molecule has 4 N–H and O–H groups in total. The van der Waals surface area contributed by atoms with E-state index in [0.717, 1.165) is 22.6 Å². The Morgan fingerprint density at radius 2 is 2.06 bits per heavy atom. The summed E-state index contributed by atoms with van der Waals surface area (Å²) in [6.45, 7) is 0.983. The van der Waals surface area contributed by atoms with E-state index < -0.39 is 0 Å². The fourth-order valence-electron chi connectivity index (χ4n) is 3.26. The predicted octanol–water partition coefficient (Wildman–Crippen LogP) is 2.90. The van der Waals surface area contributed by atoms with Crippen LogP contribution in [0, 0.1) is 0 Å². The summed E-state index contributed by atoms with van der Waals surface area (Å²) >= 11 is 0. The normalized spacial score (nSPS) is 11.1. The molecule has 0 aliphatic heterocycles. The highest BCUT2D eigenvalue weighted by Gasteiger charge is 2.13. The van der Waals surface area contributed by atoms with Crippen LogP contribution in [0.1, 0.15) is 27.2 Å². The highest BCUT2D eigenvalue weighted by atomic mass is 16.1. The summed E-state index contributed by atoms with van der Waals surface area (Å²) in [7, 11) is 1.64. The Morgan fingerprint density at radius 1 is 1.16 bits per heavy atom. The molecule has 4 rings (SSSR count). The lowest BCUT2D eigenvalue weighted by atomic mass is 10.1. The van der Waals surface area contributed by atoms with Gasteiger partial charge in [0.05, 0.1) is 23.5 Å². The molecule has 8 heteroatoms. The highest BCUT2D eigenvalue weighted by Crippen LogP contribution is 2.16.